The molecule has 2 aromatic rings. The van der Waals surface area contributed by atoms with Crippen LogP contribution in [0.15, 0.2) is 48.5 Å². The fraction of sp³-hybridized carbons (Fsp3) is 0.409. The maximum Gasteiger partial charge on any atom is 0.279 e. The molecule has 1 amide bonds. The van der Waals surface area contributed by atoms with Gasteiger partial charge in [-0.25, -0.2) is 0 Å². The number of carbonyl (C=O) groups excluding carboxylic acids is 1. The van der Waals surface area contributed by atoms with Crippen molar-refractivity contribution in [2.24, 2.45) is 0 Å². The molecule has 1 heterocycles. The first kappa shape index (κ1) is 20.2. The standard InChI is InChI=1S/C22H29N3O3/c1-3-28-21-10-4-18(5-11-21)16-24(2)17-22(26)23-19-6-8-20(9-7-19)25-12-14-27-15-13-25/h4-11H,3,12-17H2,1-2H3,(H,23,26)/p+1. The molecule has 1 unspecified atom stereocenters. The number of ether oxygens (including phenoxy) is 2. The largest absolute Gasteiger partial charge is 0.494 e. The van der Waals surface area contributed by atoms with E-state index in [-0.39, 0.29) is 5.91 Å². The Morgan fingerprint density at radius 2 is 1.79 bits per heavy atom. The fourth-order valence-electron chi connectivity index (χ4n) is 3.34. The van der Waals surface area contributed by atoms with Crippen molar-refractivity contribution in [1.82, 2.24) is 0 Å². The third-order valence-corrected chi connectivity index (χ3v) is 4.73. The van der Waals surface area contributed by atoms with E-state index in [0.717, 1.165) is 49.2 Å². The van der Waals surface area contributed by atoms with Crippen LogP contribution in [0.1, 0.15) is 12.5 Å². The van der Waals surface area contributed by atoms with Gasteiger partial charge in [0, 0.05) is 30.0 Å². The van der Waals surface area contributed by atoms with Crippen LogP contribution >= 0.6 is 0 Å². The van der Waals surface area contributed by atoms with Crippen LogP contribution in [0.2, 0.25) is 0 Å². The van der Waals surface area contributed by atoms with Crippen LogP contribution in [0.5, 0.6) is 5.75 Å². The lowest BCUT2D eigenvalue weighted by Crippen LogP contribution is -3.08. The Balaban J connectivity index is 1.46. The topological polar surface area (TPSA) is 55.2 Å². The van der Waals surface area contributed by atoms with E-state index in [9.17, 15) is 4.79 Å². The summed E-state index contributed by atoms with van der Waals surface area (Å²) in [6.45, 7) is 7.19. The van der Waals surface area contributed by atoms with Gasteiger partial charge in [-0.2, -0.15) is 0 Å². The Morgan fingerprint density at radius 3 is 2.43 bits per heavy atom. The van der Waals surface area contributed by atoms with Gasteiger partial charge < -0.3 is 24.6 Å². The smallest absolute Gasteiger partial charge is 0.279 e. The molecule has 1 aliphatic heterocycles. The maximum absolute atomic E-state index is 12.4. The maximum atomic E-state index is 12.4. The van der Waals surface area contributed by atoms with Gasteiger partial charge in [-0.05, 0) is 55.5 Å². The molecule has 2 N–H and O–H groups in total. The number of quaternary nitrogens is 1. The number of hydrogen-bond acceptors (Lipinski definition) is 4. The lowest BCUT2D eigenvalue weighted by molar-refractivity contribution is -0.885. The first-order valence-corrected chi connectivity index (χ1v) is 9.89. The molecule has 0 radical (unpaired) electrons. The predicted molar refractivity (Wildman–Crippen MR) is 111 cm³/mol. The van der Waals surface area contributed by atoms with E-state index in [1.165, 1.54) is 11.3 Å². The van der Waals surface area contributed by atoms with E-state index < -0.39 is 0 Å². The van der Waals surface area contributed by atoms with Gasteiger partial charge >= 0.3 is 0 Å². The van der Waals surface area contributed by atoms with Crippen LogP contribution in [-0.2, 0) is 16.1 Å². The molecule has 1 saturated heterocycles. The number of rotatable bonds is 8. The minimum absolute atomic E-state index is 0.0163. The summed E-state index contributed by atoms with van der Waals surface area (Å²) in [6, 6.07) is 16.1. The number of nitrogens with one attached hydrogen (secondary N) is 2. The van der Waals surface area contributed by atoms with Crippen LogP contribution in [-0.4, -0.2) is 52.4 Å². The molecule has 0 aliphatic carbocycles. The number of anilines is 2. The van der Waals surface area contributed by atoms with E-state index in [1.807, 2.05) is 38.2 Å². The summed E-state index contributed by atoms with van der Waals surface area (Å²) in [5.74, 6) is 0.893. The second kappa shape index (κ2) is 10.1. The molecule has 1 atom stereocenters. The van der Waals surface area contributed by atoms with E-state index >= 15 is 0 Å². The van der Waals surface area contributed by atoms with Crippen molar-refractivity contribution < 1.29 is 19.2 Å². The van der Waals surface area contributed by atoms with E-state index in [2.05, 4.69) is 34.5 Å². The van der Waals surface area contributed by atoms with Crippen LogP contribution in [0.3, 0.4) is 0 Å². The Morgan fingerprint density at radius 1 is 1.11 bits per heavy atom. The lowest BCUT2D eigenvalue weighted by Gasteiger charge is -2.28. The molecule has 3 rings (SSSR count). The third kappa shape index (κ3) is 5.97. The normalized spacial score (nSPS) is 15.1. The molecule has 1 aliphatic rings. The molecule has 0 saturated carbocycles. The second-order valence-electron chi connectivity index (χ2n) is 7.08. The minimum atomic E-state index is 0.0163. The van der Waals surface area contributed by atoms with Crippen LogP contribution in [0, 0.1) is 0 Å². The van der Waals surface area contributed by atoms with Gasteiger partial charge in [0.1, 0.15) is 12.3 Å². The van der Waals surface area contributed by atoms with Gasteiger partial charge in [-0.3, -0.25) is 4.79 Å². The zero-order valence-electron chi connectivity index (χ0n) is 16.7. The zero-order valence-corrected chi connectivity index (χ0v) is 16.7. The van der Waals surface area contributed by atoms with Gasteiger partial charge in [0.2, 0.25) is 0 Å². The second-order valence-corrected chi connectivity index (χ2v) is 7.08. The Kier molecular flexibility index (Phi) is 7.28. The molecule has 150 valence electrons. The first-order valence-electron chi connectivity index (χ1n) is 9.89. The highest BCUT2D eigenvalue weighted by atomic mass is 16.5. The molecule has 6 nitrogen and oxygen atoms in total. The summed E-state index contributed by atoms with van der Waals surface area (Å²) in [5.41, 5.74) is 3.18. The number of nitrogens with zero attached hydrogens (tertiary/aromatic N) is 1. The van der Waals surface area contributed by atoms with Crippen molar-refractivity contribution in [2.75, 3.05) is 56.7 Å². The van der Waals surface area contributed by atoms with Crippen molar-refractivity contribution >= 4 is 17.3 Å². The average molecular weight is 385 g/mol. The number of benzene rings is 2. The summed E-state index contributed by atoms with van der Waals surface area (Å²) in [6.07, 6.45) is 0. The molecule has 28 heavy (non-hydrogen) atoms. The summed E-state index contributed by atoms with van der Waals surface area (Å²) in [5, 5.41) is 2.99. The SMILES string of the molecule is CCOc1ccc(C[NH+](C)CC(=O)Nc2ccc(N3CCOCC3)cc2)cc1. The van der Waals surface area contributed by atoms with Crippen molar-refractivity contribution in [1.29, 1.82) is 0 Å². The Bertz CT molecular complexity index is 741. The van der Waals surface area contributed by atoms with Gasteiger partial charge in [0.05, 0.1) is 26.9 Å². The minimum Gasteiger partial charge on any atom is -0.494 e. The first-order chi connectivity index (χ1) is 13.6. The monoisotopic (exact) mass is 384 g/mol. The summed E-state index contributed by atoms with van der Waals surface area (Å²) in [4.78, 5) is 15.8. The van der Waals surface area contributed by atoms with Crippen molar-refractivity contribution in [3.05, 3.63) is 54.1 Å². The summed E-state index contributed by atoms with van der Waals surface area (Å²) >= 11 is 0. The predicted octanol–water partition coefficient (Wildman–Crippen LogP) is 1.58. The molecule has 0 bridgehead atoms. The number of morpholine rings is 1. The average Bonchev–Trinajstić information content (AvgIpc) is 2.71. The molecule has 6 heteroatoms. The summed E-state index contributed by atoms with van der Waals surface area (Å²) < 4.78 is 10.9. The highest BCUT2D eigenvalue weighted by molar-refractivity contribution is 5.91. The van der Waals surface area contributed by atoms with Gasteiger partial charge in [0.25, 0.3) is 5.91 Å². The zero-order chi connectivity index (χ0) is 19.8. The molecule has 1 fully saturated rings. The number of amides is 1. The Labute approximate surface area is 167 Å². The molecular formula is C22H30N3O3+. The van der Waals surface area contributed by atoms with Gasteiger partial charge in [-0.15, -0.1) is 0 Å². The molecule has 0 spiro atoms. The number of likely N-dealkylation sites (N-methyl/N-ethyl adjacent to an activating group) is 1. The van der Waals surface area contributed by atoms with Crippen LogP contribution in [0.4, 0.5) is 11.4 Å². The molecule has 0 aromatic heterocycles. The Hall–Kier alpha value is -2.57. The van der Waals surface area contributed by atoms with Crippen molar-refractivity contribution in [3.8, 4) is 5.75 Å². The van der Waals surface area contributed by atoms with E-state index in [1.54, 1.807) is 0 Å². The van der Waals surface area contributed by atoms with Crippen molar-refractivity contribution in [3.63, 3.8) is 0 Å². The molecule has 2 aromatic carbocycles. The van der Waals surface area contributed by atoms with Gasteiger partial charge in [0.15, 0.2) is 6.54 Å². The quantitative estimate of drug-likeness (QED) is 0.726. The van der Waals surface area contributed by atoms with Gasteiger partial charge in [-0.1, -0.05) is 0 Å². The third-order valence-electron chi connectivity index (χ3n) is 4.73. The van der Waals surface area contributed by atoms with Crippen LogP contribution < -0.4 is 19.9 Å². The highest BCUT2D eigenvalue weighted by Crippen LogP contribution is 2.18. The lowest BCUT2D eigenvalue weighted by atomic mass is 10.2. The van der Waals surface area contributed by atoms with Crippen LogP contribution in [0.25, 0.3) is 0 Å². The number of carbonyl (C=O) groups is 1. The highest BCUT2D eigenvalue weighted by Gasteiger charge is 2.13. The molecular weight excluding hydrogens is 354 g/mol. The summed E-state index contributed by atoms with van der Waals surface area (Å²) in [7, 11) is 2.03. The van der Waals surface area contributed by atoms with E-state index in [0.29, 0.717) is 13.2 Å². The van der Waals surface area contributed by atoms with Crippen molar-refractivity contribution in [2.45, 2.75) is 13.5 Å². The fourth-order valence-corrected chi connectivity index (χ4v) is 3.34. The number of hydrogen-bond donors (Lipinski definition) is 2. The van der Waals surface area contributed by atoms with E-state index in [4.69, 9.17) is 9.47 Å².